The minimum absolute atomic E-state index is 0.0629. The van der Waals surface area contributed by atoms with Crippen LogP contribution in [0.25, 0.3) is 0 Å². The molecule has 2 aromatic rings. The molecule has 0 N–H and O–H groups in total. The number of rotatable bonds is 4. The summed E-state index contributed by atoms with van der Waals surface area (Å²) in [5, 5.41) is 9.00. The van der Waals surface area contributed by atoms with E-state index in [1.165, 1.54) is 19.3 Å². The van der Waals surface area contributed by atoms with Gasteiger partial charge in [-0.1, -0.05) is 6.42 Å². The van der Waals surface area contributed by atoms with E-state index >= 15 is 0 Å². The van der Waals surface area contributed by atoms with E-state index in [2.05, 4.69) is 31.7 Å². The highest BCUT2D eigenvalue weighted by atomic mass is 16.2. The summed E-state index contributed by atoms with van der Waals surface area (Å²) in [6.07, 6.45) is 7.61. The number of pyridine rings is 1. The molecule has 2 aliphatic rings. The molecule has 0 spiro atoms. The second-order valence-corrected chi connectivity index (χ2v) is 8.15. The lowest BCUT2D eigenvalue weighted by Gasteiger charge is -2.32. The molecule has 1 atom stereocenters. The molecule has 2 aliphatic heterocycles. The van der Waals surface area contributed by atoms with Gasteiger partial charge in [0.25, 0.3) is 5.91 Å². The van der Waals surface area contributed by atoms with Crippen molar-refractivity contribution in [2.75, 3.05) is 26.2 Å². The standard InChI is InChI=1S/C21H30N6O/c1-16-8-9-17(13-22-16)21(28)27-12-6-7-18(14-27)20-24-23-19(25(20)2)15-26-10-4-3-5-11-26/h8-9,13,18H,3-7,10-12,14-15H2,1-2H3. The Bertz CT molecular complexity index is 809. The van der Waals surface area contributed by atoms with Crippen molar-refractivity contribution in [2.24, 2.45) is 7.05 Å². The van der Waals surface area contributed by atoms with Crippen molar-refractivity contribution in [3.8, 4) is 0 Å². The number of likely N-dealkylation sites (tertiary alicyclic amines) is 2. The Hall–Kier alpha value is -2.28. The Morgan fingerprint density at radius 1 is 1.11 bits per heavy atom. The van der Waals surface area contributed by atoms with Crippen LogP contribution in [0.5, 0.6) is 0 Å². The fraction of sp³-hybridized carbons (Fsp3) is 0.619. The van der Waals surface area contributed by atoms with Gasteiger partial charge in [-0.15, -0.1) is 10.2 Å². The van der Waals surface area contributed by atoms with Gasteiger partial charge in [0, 0.05) is 37.9 Å². The van der Waals surface area contributed by atoms with Crippen LogP contribution in [0.4, 0.5) is 0 Å². The third-order valence-electron chi connectivity index (χ3n) is 6.04. The molecular formula is C21H30N6O. The Balaban J connectivity index is 1.44. The van der Waals surface area contributed by atoms with Gasteiger partial charge in [0.05, 0.1) is 12.1 Å². The average molecular weight is 383 g/mol. The predicted octanol–water partition coefficient (Wildman–Crippen LogP) is 2.52. The lowest BCUT2D eigenvalue weighted by atomic mass is 9.96. The van der Waals surface area contributed by atoms with E-state index in [0.29, 0.717) is 12.1 Å². The van der Waals surface area contributed by atoms with Crippen LogP contribution in [0.2, 0.25) is 0 Å². The molecule has 150 valence electrons. The fourth-order valence-corrected chi connectivity index (χ4v) is 4.34. The molecule has 0 radical (unpaired) electrons. The van der Waals surface area contributed by atoms with Crippen LogP contribution in [0.15, 0.2) is 18.3 Å². The predicted molar refractivity (Wildman–Crippen MR) is 107 cm³/mol. The number of amides is 1. The Kier molecular flexibility index (Phi) is 5.71. The zero-order valence-corrected chi connectivity index (χ0v) is 17.0. The van der Waals surface area contributed by atoms with Crippen LogP contribution in [-0.4, -0.2) is 61.6 Å². The number of carbonyl (C=O) groups is 1. The maximum Gasteiger partial charge on any atom is 0.255 e. The van der Waals surface area contributed by atoms with Crippen molar-refractivity contribution in [2.45, 2.75) is 51.5 Å². The first-order valence-electron chi connectivity index (χ1n) is 10.4. The monoisotopic (exact) mass is 382 g/mol. The zero-order chi connectivity index (χ0) is 19.5. The van der Waals surface area contributed by atoms with Crippen LogP contribution in [0.1, 0.15) is 65.7 Å². The molecule has 7 heteroatoms. The van der Waals surface area contributed by atoms with Gasteiger partial charge < -0.3 is 9.47 Å². The number of nitrogens with zero attached hydrogens (tertiary/aromatic N) is 6. The highest BCUT2D eigenvalue weighted by Crippen LogP contribution is 2.27. The number of piperidine rings is 2. The van der Waals surface area contributed by atoms with E-state index in [1.807, 2.05) is 24.0 Å². The smallest absolute Gasteiger partial charge is 0.255 e. The van der Waals surface area contributed by atoms with Gasteiger partial charge >= 0.3 is 0 Å². The van der Waals surface area contributed by atoms with Crippen LogP contribution >= 0.6 is 0 Å². The molecule has 1 unspecified atom stereocenters. The van der Waals surface area contributed by atoms with Crippen molar-refractivity contribution in [3.63, 3.8) is 0 Å². The molecule has 7 nitrogen and oxygen atoms in total. The summed E-state index contributed by atoms with van der Waals surface area (Å²) in [7, 11) is 2.07. The molecule has 0 aromatic carbocycles. The summed E-state index contributed by atoms with van der Waals surface area (Å²) in [6.45, 7) is 6.59. The van der Waals surface area contributed by atoms with Gasteiger partial charge in [-0.25, -0.2) is 0 Å². The maximum absolute atomic E-state index is 12.9. The largest absolute Gasteiger partial charge is 0.338 e. The molecule has 2 aromatic heterocycles. The van der Waals surface area contributed by atoms with Crippen LogP contribution < -0.4 is 0 Å². The van der Waals surface area contributed by atoms with E-state index in [4.69, 9.17) is 0 Å². The van der Waals surface area contributed by atoms with E-state index in [0.717, 1.165) is 56.4 Å². The third kappa shape index (κ3) is 4.09. The van der Waals surface area contributed by atoms with E-state index in [9.17, 15) is 4.79 Å². The molecule has 4 heterocycles. The minimum Gasteiger partial charge on any atom is -0.338 e. The maximum atomic E-state index is 12.9. The Morgan fingerprint density at radius 2 is 1.93 bits per heavy atom. The third-order valence-corrected chi connectivity index (χ3v) is 6.04. The molecule has 2 saturated heterocycles. The first kappa shape index (κ1) is 19.1. The quantitative estimate of drug-likeness (QED) is 0.813. The Morgan fingerprint density at radius 3 is 2.68 bits per heavy atom. The molecular weight excluding hydrogens is 352 g/mol. The highest BCUT2D eigenvalue weighted by molar-refractivity contribution is 5.94. The van der Waals surface area contributed by atoms with Gasteiger partial charge in [0.1, 0.15) is 11.6 Å². The lowest BCUT2D eigenvalue weighted by molar-refractivity contribution is 0.0703. The molecule has 28 heavy (non-hydrogen) atoms. The lowest BCUT2D eigenvalue weighted by Crippen LogP contribution is -2.39. The second kappa shape index (κ2) is 8.39. The van der Waals surface area contributed by atoms with Crippen LogP contribution in [0.3, 0.4) is 0 Å². The molecule has 0 aliphatic carbocycles. The molecule has 0 bridgehead atoms. The molecule has 0 saturated carbocycles. The first-order valence-corrected chi connectivity index (χ1v) is 10.4. The molecule has 2 fully saturated rings. The molecule has 4 rings (SSSR count). The summed E-state index contributed by atoms with van der Waals surface area (Å²) in [5.41, 5.74) is 1.59. The topological polar surface area (TPSA) is 67.2 Å². The number of hydrogen-bond acceptors (Lipinski definition) is 5. The number of hydrogen-bond donors (Lipinski definition) is 0. The second-order valence-electron chi connectivity index (χ2n) is 8.15. The highest BCUT2D eigenvalue weighted by Gasteiger charge is 2.29. The van der Waals surface area contributed by atoms with Crippen LogP contribution in [0, 0.1) is 6.92 Å². The van der Waals surface area contributed by atoms with Crippen molar-refractivity contribution in [1.29, 1.82) is 0 Å². The average Bonchev–Trinajstić information content (AvgIpc) is 3.09. The van der Waals surface area contributed by atoms with Gasteiger partial charge in [-0.05, 0) is 57.8 Å². The van der Waals surface area contributed by atoms with Gasteiger partial charge in [0.15, 0.2) is 0 Å². The Labute approximate surface area is 166 Å². The van der Waals surface area contributed by atoms with E-state index in [1.54, 1.807) is 6.20 Å². The summed E-state index contributed by atoms with van der Waals surface area (Å²) in [4.78, 5) is 21.6. The van der Waals surface area contributed by atoms with Gasteiger partial charge in [-0.2, -0.15) is 0 Å². The van der Waals surface area contributed by atoms with Gasteiger partial charge in [0.2, 0.25) is 0 Å². The normalized spacial score (nSPS) is 21.1. The minimum atomic E-state index is 0.0629. The van der Waals surface area contributed by atoms with Crippen LogP contribution in [-0.2, 0) is 13.6 Å². The summed E-state index contributed by atoms with van der Waals surface area (Å²) < 4.78 is 2.15. The van der Waals surface area contributed by atoms with Crippen molar-refractivity contribution in [3.05, 3.63) is 41.2 Å². The van der Waals surface area contributed by atoms with Crippen molar-refractivity contribution >= 4 is 5.91 Å². The van der Waals surface area contributed by atoms with E-state index < -0.39 is 0 Å². The first-order chi connectivity index (χ1) is 13.6. The summed E-state index contributed by atoms with van der Waals surface area (Å²) >= 11 is 0. The number of aromatic nitrogens is 4. The van der Waals surface area contributed by atoms with Gasteiger partial charge in [-0.3, -0.25) is 14.7 Å². The number of aryl methyl sites for hydroxylation is 1. The number of carbonyl (C=O) groups excluding carboxylic acids is 1. The summed E-state index contributed by atoms with van der Waals surface area (Å²) in [6, 6.07) is 3.76. The SMILES string of the molecule is Cc1ccc(C(=O)N2CCCC(c3nnc(CN4CCCCC4)n3C)C2)cn1. The van der Waals surface area contributed by atoms with E-state index in [-0.39, 0.29) is 11.8 Å². The molecule has 1 amide bonds. The van der Waals surface area contributed by atoms with Crippen molar-refractivity contribution < 1.29 is 4.79 Å². The summed E-state index contributed by atoms with van der Waals surface area (Å²) in [5.74, 6) is 2.34. The zero-order valence-electron chi connectivity index (χ0n) is 17.0. The van der Waals surface area contributed by atoms with Crippen molar-refractivity contribution in [1.82, 2.24) is 29.5 Å². The fourth-order valence-electron chi connectivity index (χ4n) is 4.34.